The zero-order chi connectivity index (χ0) is 19.7. The van der Waals surface area contributed by atoms with Crippen LogP contribution in [0.5, 0.6) is 0 Å². The lowest BCUT2D eigenvalue weighted by Crippen LogP contribution is -2.43. The standard InChI is InChI=1S/C16H24N6O4/c17-5-13(23)21(14(24)6-18)9-11-2-1-3-12(4-11)10-22(15(25)7-19)16(26)8-20/h1-4H,5-10,17-20H2. The molecule has 1 rings (SSSR count). The third-order valence-electron chi connectivity index (χ3n) is 3.58. The molecule has 0 aliphatic rings. The molecule has 0 atom stereocenters. The van der Waals surface area contributed by atoms with Gasteiger partial charge in [-0.25, -0.2) is 0 Å². The van der Waals surface area contributed by atoms with Gasteiger partial charge in [-0.05, 0) is 11.1 Å². The molecule has 0 spiro atoms. The van der Waals surface area contributed by atoms with Gasteiger partial charge in [0.1, 0.15) is 0 Å². The first-order chi connectivity index (χ1) is 12.4. The van der Waals surface area contributed by atoms with Gasteiger partial charge in [-0.3, -0.25) is 29.0 Å². The van der Waals surface area contributed by atoms with Crippen molar-refractivity contribution in [1.82, 2.24) is 9.80 Å². The predicted molar refractivity (Wildman–Crippen MR) is 93.8 cm³/mol. The summed E-state index contributed by atoms with van der Waals surface area (Å²) < 4.78 is 0. The second-order valence-corrected chi connectivity index (χ2v) is 5.38. The lowest BCUT2D eigenvalue weighted by atomic mass is 10.1. The van der Waals surface area contributed by atoms with E-state index < -0.39 is 23.6 Å². The van der Waals surface area contributed by atoms with Crippen molar-refractivity contribution in [2.45, 2.75) is 13.1 Å². The maximum atomic E-state index is 11.8. The van der Waals surface area contributed by atoms with E-state index in [0.29, 0.717) is 11.1 Å². The SMILES string of the molecule is NCC(=O)N(Cc1cccc(CN(C(=O)CN)C(=O)CN)c1)C(=O)CN. The molecule has 0 radical (unpaired) electrons. The molecular formula is C16H24N6O4. The number of amides is 4. The van der Waals surface area contributed by atoms with Crippen molar-refractivity contribution in [3.63, 3.8) is 0 Å². The van der Waals surface area contributed by atoms with Gasteiger partial charge in [-0.15, -0.1) is 0 Å². The predicted octanol–water partition coefficient (Wildman–Crippen LogP) is -2.77. The minimum Gasteiger partial charge on any atom is -0.322 e. The van der Waals surface area contributed by atoms with Crippen LogP contribution in [0.15, 0.2) is 24.3 Å². The molecule has 142 valence electrons. The van der Waals surface area contributed by atoms with Gasteiger partial charge in [0.05, 0.1) is 39.3 Å². The molecule has 0 aromatic heterocycles. The van der Waals surface area contributed by atoms with E-state index in [4.69, 9.17) is 22.9 Å². The molecule has 1 aromatic rings. The fourth-order valence-electron chi connectivity index (χ4n) is 2.26. The number of nitrogens with two attached hydrogens (primary N) is 4. The Morgan fingerprint density at radius 2 is 0.962 bits per heavy atom. The summed E-state index contributed by atoms with van der Waals surface area (Å²) >= 11 is 0. The van der Waals surface area contributed by atoms with Crippen molar-refractivity contribution in [3.05, 3.63) is 35.4 Å². The van der Waals surface area contributed by atoms with Gasteiger partial charge in [0.2, 0.25) is 23.6 Å². The molecule has 4 amide bonds. The van der Waals surface area contributed by atoms with Gasteiger partial charge in [-0.2, -0.15) is 0 Å². The molecule has 10 heteroatoms. The molecule has 0 fully saturated rings. The molecule has 0 unspecified atom stereocenters. The van der Waals surface area contributed by atoms with Gasteiger partial charge < -0.3 is 22.9 Å². The summed E-state index contributed by atoms with van der Waals surface area (Å²) in [7, 11) is 0. The highest BCUT2D eigenvalue weighted by Crippen LogP contribution is 2.12. The highest BCUT2D eigenvalue weighted by molar-refractivity contribution is 5.97. The van der Waals surface area contributed by atoms with E-state index in [1.165, 1.54) is 0 Å². The van der Waals surface area contributed by atoms with Crippen molar-refractivity contribution >= 4 is 23.6 Å². The molecule has 0 aliphatic carbocycles. The molecule has 0 saturated carbocycles. The van der Waals surface area contributed by atoms with Crippen LogP contribution in [0, 0.1) is 0 Å². The Morgan fingerprint density at radius 3 is 1.23 bits per heavy atom. The zero-order valence-corrected chi connectivity index (χ0v) is 14.4. The summed E-state index contributed by atoms with van der Waals surface area (Å²) in [6.45, 7) is -1.33. The molecule has 0 heterocycles. The molecule has 0 bridgehead atoms. The van der Waals surface area contributed by atoms with E-state index in [-0.39, 0.29) is 39.3 Å². The first-order valence-electron chi connectivity index (χ1n) is 7.92. The van der Waals surface area contributed by atoms with E-state index in [2.05, 4.69) is 0 Å². The van der Waals surface area contributed by atoms with Crippen molar-refractivity contribution in [3.8, 4) is 0 Å². The topological polar surface area (TPSA) is 179 Å². The molecule has 1 aromatic carbocycles. The first-order valence-corrected chi connectivity index (χ1v) is 7.92. The smallest absolute Gasteiger partial charge is 0.243 e. The number of rotatable bonds is 8. The highest BCUT2D eigenvalue weighted by Gasteiger charge is 2.21. The fraction of sp³-hybridized carbons (Fsp3) is 0.375. The third-order valence-corrected chi connectivity index (χ3v) is 3.58. The van der Waals surface area contributed by atoms with E-state index in [0.717, 1.165) is 9.80 Å². The number of carbonyl (C=O) groups excluding carboxylic acids is 4. The molecule has 10 nitrogen and oxygen atoms in total. The van der Waals surface area contributed by atoms with Crippen molar-refractivity contribution in [1.29, 1.82) is 0 Å². The summed E-state index contributed by atoms with van der Waals surface area (Å²) in [4.78, 5) is 49.3. The molecule has 0 aliphatic heterocycles. The van der Waals surface area contributed by atoms with E-state index >= 15 is 0 Å². The van der Waals surface area contributed by atoms with Crippen LogP contribution < -0.4 is 22.9 Å². The molecule has 8 N–H and O–H groups in total. The lowest BCUT2D eigenvalue weighted by Gasteiger charge is -2.22. The summed E-state index contributed by atoms with van der Waals surface area (Å²) in [6, 6.07) is 6.75. The van der Waals surface area contributed by atoms with Crippen LogP contribution in [0.25, 0.3) is 0 Å². The Balaban J connectivity index is 3.02. The van der Waals surface area contributed by atoms with Gasteiger partial charge >= 0.3 is 0 Å². The normalized spacial score (nSPS) is 10.3. The van der Waals surface area contributed by atoms with Gasteiger partial charge in [0.15, 0.2) is 0 Å². The number of nitrogens with zero attached hydrogens (tertiary/aromatic N) is 2. The lowest BCUT2D eigenvalue weighted by molar-refractivity contribution is -0.145. The Hall–Kier alpha value is -2.66. The van der Waals surface area contributed by atoms with E-state index in [9.17, 15) is 19.2 Å². The summed E-state index contributed by atoms with van der Waals surface area (Å²) in [6.07, 6.45) is 0. The monoisotopic (exact) mass is 364 g/mol. The maximum Gasteiger partial charge on any atom is 0.243 e. The van der Waals surface area contributed by atoms with E-state index in [1.807, 2.05) is 0 Å². The number of hydrogen-bond acceptors (Lipinski definition) is 8. The van der Waals surface area contributed by atoms with Crippen LogP contribution in [0.2, 0.25) is 0 Å². The third kappa shape index (κ3) is 5.70. The zero-order valence-electron chi connectivity index (χ0n) is 14.4. The van der Waals surface area contributed by atoms with Crippen molar-refractivity contribution in [2.24, 2.45) is 22.9 Å². The summed E-state index contributed by atoms with van der Waals surface area (Å²) in [5, 5.41) is 0. The van der Waals surface area contributed by atoms with Crippen LogP contribution in [0.3, 0.4) is 0 Å². The number of carbonyl (C=O) groups is 4. The van der Waals surface area contributed by atoms with Crippen molar-refractivity contribution in [2.75, 3.05) is 26.2 Å². The van der Waals surface area contributed by atoms with Gasteiger partial charge in [-0.1, -0.05) is 24.3 Å². The van der Waals surface area contributed by atoms with Crippen LogP contribution >= 0.6 is 0 Å². The molecule has 0 saturated heterocycles. The van der Waals surface area contributed by atoms with Crippen molar-refractivity contribution < 1.29 is 19.2 Å². The second-order valence-electron chi connectivity index (χ2n) is 5.38. The minimum absolute atomic E-state index is 0.0183. The maximum absolute atomic E-state index is 11.8. The molecule has 26 heavy (non-hydrogen) atoms. The average Bonchev–Trinajstić information content (AvgIpc) is 2.68. The summed E-state index contributed by atoms with van der Waals surface area (Å²) in [5.74, 6) is -2.21. The van der Waals surface area contributed by atoms with E-state index in [1.54, 1.807) is 24.3 Å². The highest BCUT2D eigenvalue weighted by atomic mass is 16.2. The number of hydrogen-bond donors (Lipinski definition) is 4. The quantitative estimate of drug-likeness (QED) is 0.383. The van der Waals surface area contributed by atoms with Crippen LogP contribution in [0.4, 0.5) is 0 Å². The Labute approximate surface area is 151 Å². The first kappa shape index (κ1) is 21.4. The average molecular weight is 364 g/mol. The summed E-state index contributed by atoms with van der Waals surface area (Å²) in [5.41, 5.74) is 22.5. The van der Waals surface area contributed by atoms with Crippen LogP contribution in [-0.4, -0.2) is 59.6 Å². The Kier molecular flexibility index (Phi) is 8.52. The second kappa shape index (κ2) is 10.4. The fourth-order valence-corrected chi connectivity index (χ4v) is 2.26. The molecular weight excluding hydrogens is 340 g/mol. The van der Waals surface area contributed by atoms with Crippen LogP contribution in [-0.2, 0) is 32.3 Å². The van der Waals surface area contributed by atoms with Gasteiger partial charge in [0, 0.05) is 0 Å². The number of benzene rings is 1. The largest absolute Gasteiger partial charge is 0.322 e. The Bertz CT molecular complexity index is 593. The van der Waals surface area contributed by atoms with Crippen LogP contribution in [0.1, 0.15) is 11.1 Å². The van der Waals surface area contributed by atoms with Gasteiger partial charge in [0.25, 0.3) is 0 Å². The Morgan fingerprint density at radius 1 is 0.654 bits per heavy atom. The minimum atomic E-state index is -0.552. The number of imide groups is 2.